The number of aromatic nitrogens is 2. The van der Waals surface area contributed by atoms with Crippen LogP contribution in [-0.2, 0) is 9.59 Å². The number of imidazole rings is 1. The van der Waals surface area contributed by atoms with E-state index in [-0.39, 0.29) is 29.9 Å². The minimum Gasteiger partial charge on any atom is -0.395 e. The van der Waals surface area contributed by atoms with Crippen molar-refractivity contribution in [3.05, 3.63) is 53.1 Å². The van der Waals surface area contributed by atoms with Crippen molar-refractivity contribution in [2.45, 2.75) is 50.6 Å². The van der Waals surface area contributed by atoms with E-state index in [2.05, 4.69) is 33.5 Å². The van der Waals surface area contributed by atoms with Gasteiger partial charge in [-0.2, -0.15) is 18.4 Å². The van der Waals surface area contributed by atoms with Gasteiger partial charge in [-0.05, 0) is 74.8 Å². The summed E-state index contributed by atoms with van der Waals surface area (Å²) >= 11 is 0. The molecule has 42 heavy (non-hydrogen) atoms. The number of carbonyl (C=O) groups excluding carboxylic acids is 3. The van der Waals surface area contributed by atoms with Crippen molar-refractivity contribution < 1.29 is 32.7 Å². The highest BCUT2D eigenvalue weighted by atomic mass is 19.4. The number of allylic oxidation sites excluding steroid dienone is 2. The molecule has 2 aromatic rings. The maximum atomic E-state index is 12.8. The topological polar surface area (TPSA) is 142 Å². The van der Waals surface area contributed by atoms with Gasteiger partial charge in [0.05, 0.1) is 19.3 Å². The molecule has 10 nitrogen and oxygen atoms in total. The number of likely N-dealkylation sites (N-methyl/N-ethyl adjacent to an activating group) is 1. The van der Waals surface area contributed by atoms with Gasteiger partial charge < -0.3 is 20.3 Å². The number of H-pyrrole nitrogens is 1. The molecule has 4 rings (SSSR count). The number of hydrogen-bond acceptors (Lipinski definition) is 7. The molecule has 0 atom stereocenters. The Kier molecular flexibility index (Phi) is 11.8. The Morgan fingerprint density at radius 2 is 2.00 bits per heavy atom. The van der Waals surface area contributed by atoms with Crippen molar-refractivity contribution in [3.63, 3.8) is 0 Å². The number of aliphatic hydroxyl groups excluding tert-OH is 1. The number of hydrogen-bond donors (Lipinski definition) is 3. The van der Waals surface area contributed by atoms with E-state index in [1.165, 1.54) is 23.8 Å². The molecule has 0 bridgehead atoms. The van der Waals surface area contributed by atoms with Crippen LogP contribution in [0.4, 0.5) is 18.9 Å². The van der Waals surface area contributed by atoms with Gasteiger partial charge in [-0.1, -0.05) is 12.1 Å². The first-order chi connectivity index (χ1) is 20.0. The van der Waals surface area contributed by atoms with E-state index in [0.717, 1.165) is 43.4 Å². The largest absolute Gasteiger partial charge is 0.446 e. The van der Waals surface area contributed by atoms with Gasteiger partial charge in [0.2, 0.25) is 12.2 Å². The molecule has 1 aliphatic heterocycles. The van der Waals surface area contributed by atoms with Crippen LogP contribution in [0.2, 0.25) is 0 Å². The number of benzene rings is 1. The fraction of sp³-hybridized carbons (Fsp3) is 0.483. The summed E-state index contributed by atoms with van der Waals surface area (Å²) in [6, 6.07) is 8.19. The summed E-state index contributed by atoms with van der Waals surface area (Å²) in [5, 5.41) is 21.1. The molecule has 0 radical (unpaired) electrons. The molecule has 0 unspecified atom stereocenters. The van der Waals surface area contributed by atoms with Crippen LogP contribution in [0.5, 0.6) is 0 Å². The van der Waals surface area contributed by atoms with E-state index < -0.39 is 12.5 Å². The molecule has 1 fully saturated rings. The molecule has 226 valence electrons. The third-order valence-corrected chi connectivity index (χ3v) is 7.18. The second-order valence-electron chi connectivity index (χ2n) is 10.3. The Morgan fingerprint density at radius 1 is 1.29 bits per heavy atom. The molecule has 1 aromatic heterocycles. The average molecular weight is 589 g/mol. The third-order valence-electron chi connectivity index (χ3n) is 7.18. The zero-order chi connectivity index (χ0) is 30.7. The van der Waals surface area contributed by atoms with E-state index >= 15 is 0 Å². The number of nitriles is 1. The zero-order valence-corrected chi connectivity index (χ0v) is 23.4. The van der Waals surface area contributed by atoms with Crippen molar-refractivity contribution in [1.82, 2.24) is 19.8 Å². The number of nitrogens with zero attached hydrogens (tertiary/aromatic N) is 4. The van der Waals surface area contributed by atoms with Crippen LogP contribution in [0.3, 0.4) is 0 Å². The smallest absolute Gasteiger partial charge is 0.395 e. The average Bonchev–Trinajstić information content (AvgIpc) is 3.48. The van der Waals surface area contributed by atoms with Crippen LogP contribution in [0.25, 0.3) is 5.57 Å². The Morgan fingerprint density at radius 3 is 2.57 bits per heavy atom. The second-order valence-corrected chi connectivity index (χ2v) is 10.3. The summed E-state index contributed by atoms with van der Waals surface area (Å²) in [4.78, 5) is 44.6. The van der Waals surface area contributed by atoms with Crippen molar-refractivity contribution in [2.75, 3.05) is 45.2 Å². The standard InChI is InChI=1S/C27H34N6O3.C2HF3O/c1-32(13-14-34)18-25(35)33-11-9-19(10-12-33)21-7-8-24(23(15-21)20-5-3-2-4-6-20)31-27(36)26-29-17-22(16-28)30-26;3-2(4,5)1-6/h5,7-8,15,17,19,34H,2-4,6,9-14,18H2,1H3,(H,29,30)(H,31,36);1H. The Bertz CT molecular complexity index is 1310. The summed E-state index contributed by atoms with van der Waals surface area (Å²) in [7, 11) is 1.84. The number of aliphatic hydroxyl groups is 1. The third kappa shape index (κ3) is 9.53. The number of alkyl halides is 3. The van der Waals surface area contributed by atoms with Gasteiger partial charge in [-0.15, -0.1) is 0 Å². The lowest BCUT2D eigenvalue weighted by Crippen LogP contribution is -2.43. The van der Waals surface area contributed by atoms with Crippen LogP contribution in [0.1, 0.15) is 71.9 Å². The van der Waals surface area contributed by atoms with Crippen molar-refractivity contribution in [3.8, 4) is 6.07 Å². The predicted molar refractivity (Wildman–Crippen MR) is 149 cm³/mol. The highest BCUT2D eigenvalue weighted by Crippen LogP contribution is 2.36. The van der Waals surface area contributed by atoms with Crippen molar-refractivity contribution in [1.29, 1.82) is 5.26 Å². The van der Waals surface area contributed by atoms with Gasteiger partial charge in [-0.3, -0.25) is 19.3 Å². The fourth-order valence-electron chi connectivity index (χ4n) is 4.99. The number of anilines is 1. The lowest BCUT2D eigenvalue weighted by molar-refractivity contribution is -0.156. The van der Waals surface area contributed by atoms with Gasteiger partial charge in [0, 0.05) is 30.9 Å². The molecule has 1 aliphatic carbocycles. The highest BCUT2D eigenvalue weighted by Gasteiger charge is 2.26. The quantitative estimate of drug-likeness (QED) is 0.398. The summed E-state index contributed by atoms with van der Waals surface area (Å²) < 4.78 is 31.2. The van der Waals surface area contributed by atoms with Crippen molar-refractivity contribution >= 4 is 29.4 Å². The summed E-state index contributed by atoms with van der Waals surface area (Å²) in [5.41, 5.74) is 4.50. The number of amides is 2. The maximum Gasteiger partial charge on any atom is 0.446 e. The molecule has 1 saturated heterocycles. The number of nitrogens with one attached hydrogen (secondary N) is 2. The monoisotopic (exact) mass is 588 g/mol. The number of rotatable bonds is 8. The van der Waals surface area contributed by atoms with Crippen LogP contribution < -0.4 is 5.32 Å². The molecule has 0 saturated carbocycles. The van der Waals surface area contributed by atoms with Gasteiger partial charge in [0.15, 0.2) is 5.82 Å². The minimum absolute atomic E-state index is 0.0451. The van der Waals surface area contributed by atoms with Gasteiger partial charge in [-0.25, -0.2) is 4.98 Å². The molecule has 0 spiro atoms. The first kappa shape index (κ1) is 32.5. The van der Waals surface area contributed by atoms with E-state index in [1.807, 2.05) is 29.0 Å². The lowest BCUT2D eigenvalue weighted by Gasteiger charge is -2.33. The van der Waals surface area contributed by atoms with Gasteiger partial charge in [0.1, 0.15) is 11.8 Å². The highest BCUT2D eigenvalue weighted by molar-refractivity contribution is 6.03. The van der Waals surface area contributed by atoms with Gasteiger partial charge >= 0.3 is 6.18 Å². The number of piperidine rings is 1. The van der Waals surface area contributed by atoms with Crippen molar-refractivity contribution in [2.24, 2.45) is 0 Å². The van der Waals surface area contributed by atoms with E-state index in [1.54, 1.807) is 0 Å². The Balaban J connectivity index is 0.000000730. The zero-order valence-electron chi connectivity index (χ0n) is 23.4. The first-order valence-corrected chi connectivity index (χ1v) is 13.7. The molecule has 2 amide bonds. The first-order valence-electron chi connectivity index (χ1n) is 13.7. The normalized spacial score (nSPS) is 15.7. The Hall–Kier alpha value is -4.02. The van der Waals surface area contributed by atoms with Crippen LogP contribution in [0, 0.1) is 11.3 Å². The van der Waals surface area contributed by atoms with Crippen LogP contribution >= 0.6 is 0 Å². The molecule has 13 heteroatoms. The number of aldehydes is 1. The number of carbonyl (C=O) groups is 3. The Labute approximate surface area is 242 Å². The molecule has 1 aromatic carbocycles. The number of likely N-dealkylation sites (tertiary alicyclic amines) is 1. The fourth-order valence-corrected chi connectivity index (χ4v) is 4.99. The summed E-state index contributed by atoms with van der Waals surface area (Å²) in [6.45, 7) is 2.29. The van der Waals surface area contributed by atoms with Gasteiger partial charge in [0.25, 0.3) is 5.91 Å². The van der Waals surface area contributed by atoms with Crippen LogP contribution in [0.15, 0.2) is 30.5 Å². The predicted octanol–water partition coefficient (Wildman–Crippen LogP) is 3.87. The summed E-state index contributed by atoms with van der Waals surface area (Å²) in [6.07, 6.45) is 4.00. The molecule has 3 N–H and O–H groups in total. The second kappa shape index (κ2) is 15.3. The van der Waals surface area contributed by atoms with E-state index in [0.29, 0.717) is 32.1 Å². The number of halogens is 3. The minimum atomic E-state index is -4.64. The lowest BCUT2D eigenvalue weighted by atomic mass is 9.85. The summed E-state index contributed by atoms with van der Waals surface area (Å²) in [5.74, 6) is 0.189. The molecule has 2 heterocycles. The van der Waals surface area contributed by atoms with Crippen LogP contribution in [-0.4, -0.2) is 89.0 Å². The van der Waals surface area contributed by atoms with E-state index in [4.69, 9.17) is 15.2 Å². The molecular formula is C29H35F3N6O4. The SMILES string of the molecule is CN(CCO)CC(=O)N1CCC(c2ccc(NC(=O)c3ncc(C#N)[nH]3)c(C3=CCCCC3)c2)CC1.O=CC(F)(F)F. The molecular weight excluding hydrogens is 553 g/mol. The molecule has 2 aliphatic rings. The number of aromatic amines is 1. The maximum absolute atomic E-state index is 12.8. The van der Waals surface area contributed by atoms with E-state index in [9.17, 15) is 22.8 Å².